The number of benzene rings is 2. The van der Waals surface area contributed by atoms with Gasteiger partial charge in [-0.2, -0.15) is 9.90 Å². The zero-order valence-corrected chi connectivity index (χ0v) is 17.5. The quantitative estimate of drug-likeness (QED) is 0.534. The van der Waals surface area contributed by atoms with Crippen molar-refractivity contribution in [2.45, 2.75) is 32.7 Å². The molecule has 0 saturated carbocycles. The first kappa shape index (κ1) is 20.4. The van der Waals surface area contributed by atoms with Crippen LogP contribution in [0.3, 0.4) is 0 Å². The Labute approximate surface area is 178 Å². The van der Waals surface area contributed by atoms with Crippen LogP contribution in [-0.2, 0) is 16.8 Å². The summed E-state index contributed by atoms with van der Waals surface area (Å²) in [4.78, 5) is 13.9. The van der Waals surface area contributed by atoms with E-state index in [1.54, 1.807) is 16.8 Å². The van der Waals surface area contributed by atoms with Gasteiger partial charge in [-0.15, -0.1) is 10.2 Å². The number of nitrogens with zero attached hydrogens (tertiary/aromatic N) is 6. The van der Waals surface area contributed by atoms with Crippen molar-refractivity contribution in [3.05, 3.63) is 72.2 Å². The first-order valence-corrected chi connectivity index (χ1v) is 9.79. The predicted molar refractivity (Wildman–Crippen MR) is 114 cm³/mol. The van der Waals surface area contributed by atoms with Crippen LogP contribution in [0.2, 0.25) is 0 Å². The Kier molecular flexibility index (Phi) is 5.33. The second kappa shape index (κ2) is 8.10. The number of carbonyl (C=O) groups excluding carboxylic acids is 1. The van der Waals surface area contributed by atoms with Crippen LogP contribution in [0, 0.1) is 5.82 Å². The van der Waals surface area contributed by atoms with Crippen molar-refractivity contribution in [2.24, 2.45) is 0 Å². The minimum absolute atomic E-state index is 0.126. The summed E-state index contributed by atoms with van der Waals surface area (Å²) in [6.07, 6.45) is 0. The van der Waals surface area contributed by atoms with Crippen LogP contribution in [0.4, 0.5) is 10.2 Å². The van der Waals surface area contributed by atoms with Gasteiger partial charge in [0.05, 0.1) is 11.4 Å². The summed E-state index contributed by atoms with van der Waals surface area (Å²) in [7, 11) is 0. The number of anilines is 1. The highest BCUT2D eigenvalue weighted by Gasteiger charge is 2.21. The molecule has 1 amide bonds. The van der Waals surface area contributed by atoms with Crippen LogP contribution >= 0.6 is 0 Å². The lowest BCUT2D eigenvalue weighted by molar-refractivity contribution is -0.117. The fourth-order valence-corrected chi connectivity index (χ4v) is 2.94. The van der Waals surface area contributed by atoms with Gasteiger partial charge in [-0.25, -0.2) is 9.07 Å². The molecule has 0 aliphatic carbocycles. The van der Waals surface area contributed by atoms with Crippen molar-refractivity contribution >= 4 is 11.7 Å². The highest BCUT2D eigenvalue weighted by atomic mass is 19.1. The van der Waals surface area contributed by atoms with Crippen molar-refractivity contribution in [1.29, 1.82) is 0 Å². The molecule has 0 aliphatic heterocycles. The number of aromatic nitrogens is 6. The lowest BCUT2D eigenvalue weighted by Crippen LogP contribution is -2.22. The zero-order chi connectivity index (χ0) is 22.0. The second-order valence-electron chi connectivity index (χ2n) is 8.11. The van der Waals surface area contributed by atoms with Crippen molar-refractivity contribution < 1.29 is 9.18 Å². The van der Waals surface area contributed by atoms with Gasteiger partial charge in [-0.05, 0) is 41.6 Å². The molecule has 1 N–H and O–H groups in total. The van der Waals surface area contributed by atoms with Crippen LogP contribution < -0.4 is 5.32 Å². The molecule has 31 heavy (non-hydrogen) atoms. The Bertz CT molecular complexity index is 1190. The Morgan fingerprint density at radius 2 is 1.74 bits per heavy atom. The molecular weight excluding hydrogens is 397 g/mol. The normalized spacial score (nSPS) is 11.5. The molecule has 0 atom stereocenters. The summed E-state index contributed by atoms with van der Waals surface area (Å²) < 4.78 is 14.8. The van der Waals surface area contributed by atoms with E-state index in [2.05, 4.69) is 46.6 Å². The van der Waals surface area contributed by atoms with Crippen LogP contribution in [-0.4, -0.2) is 35.9 Å². The lowest BCUT2D eigenvalue weighted by Gasteiger charge is -2.14. The van der Waals surface area contributed by atoms with Gasteiger partial charge in [0.2, 0.25) is 11.7 Å². The monoisotopic (exact) mass is 419 g/mol. The predicted octanol–water partition coefficient (Wildman–Crippen LogP) is 3.60. The Morgan fingerprint density at radius 1 is 1.03 bits per heavy atom. The third-order valence-corrected chi connectivity index (χ3v) is 4.59. The molecule has 0 spiro atoms. The number of tetrazole rings is 1. The van der Waals surface area contributed by atoms with Gasteiger partial charge in [0.1, 0.15) is 18.2 Å². The first-order chi connectivity index (χ1) is 14.8. The molecule has 2 aromatic heterocycles. The molecule has 0 aliphatic rings. The maximum Gasteiger partial charge on any atom is 0.249 e. The SMILES string of the molecule is CC(C)(C)c1cc(NC(=O)Cn2nnc(-c3ccc(F)cc3)n2)n(-c2ccccc2)n1. The van der Waals surface area contributed by atoms with E-state index >= 15 is 0 Å². The number of amides is 1. The first-order valence-electron chi connectivity index (χ1n) is 9.79. The summed E-state index contributed by atoms with van der Waals surface area (Å²) in [5.74, 6) is 0.206. The third kappa shape index (κ3) is 4.66. The van der Waals surface area contributed by atoms with E-state index in [9.17, 15) is 9.18 Å². The van der Waals surface area contributed by atoms with Gasteiger partial charge in [-0.3, -0.25) is 4.79 Å². The average molecular weight is 419 g/mol. The fraction of sp³-hybridized carbons (Fsp3) is 0.227. The maximum absolute atomic E-state index is 13.1. The number of carbonyl (C=O) groups is 1. The summed E-state index contributed by atoms with van der Waals surface area (Å²) in [6, 6.07) is 17.2. The minimum atomic E-state index is -0.347. The van der Waals surface area contributed by atoms with Crippen LogP contribution in [0.1, 0.15) is 26.5 Å². The molecule has 158 valence electrons. The van der Waals surface area contributed by atoms with Crippen LogP contribution in [0.25, 0.3) is 17.1 Å². The zero-order valence-electron chi connectivity index (χ0n) is 17.5. The molecule has 2 aromatic carbocycles. The average Bonchev–Trinajstić information content (AvgIpc) is 3.36. The van der Waals surface area contributed by atoms with E-state index in [0.717, 1.165) is 11.4 Å². The molecule has 2 heterocycles. The minimum Gasteiger partial charge on any atom is -0.309 e. The molecule has 4 aromatic rings. The lowest BCUT2D eigenvalue weighted by atomic mass is 9.92. The van der Waals surface area contributed by atoms with Crippen molar-refractivity contribution in [1.82, 2.24) is 30.0 Å². The fourth-order valence-electron chi connectivity index (χ4n) is 2.94. The van der Waals surface area contributed by atoms with Gasteiger partial charge in [0, 0.05) is 17.0 Å². The molecule has 9 heteroatoms. The maximum atomic E-state index is 13.1. The van der Waals surface area contributed by atoms with Gasteiger partial charge >= 0.3 is 0 Å². The van der Waals surface area contributed by atoms with Crippen molar-refractivity contribution in [2.75, 3.05) is 5.32 Å². The number of para-hydroxylation sites is 1. The van der Waals surface area contributed by atoms with Gasteiger partial charge < -0.3 is 5.32 Å². The number of hydrogen-bond acceptors (Lipinski definition) is 5. The second-order valence-corrected chi connectivity index (χ2v) is 8.11. The number of halogens is 1. The summed E-state index contributed by atoms with van der Waals surface area (Å²) >= 11 is 0. The van der Waals surface area contributed by atoms with E-state index in [4.69, 9.17) is 0 Å². The molecule has 0 bridgehead atoms. The van der Waals surface area contributed by atoms with E-state index < -0.39 is 0 Å². The molecule has 8 nitrogen and oxygen atoms in total. The summed E-state index contributed by atoms with van der Waals surface area (Å²) in [6.45, 7) is 6.06. The van der Waals surface area contributed by atoms with E-state index in [-0.39, 0.29) is 23.7 Å². The van der Waals surface area contributed by atoms with E-state index in [1.807, 2.05) is 36.4 Å². The number of hydrogen-bond donors (Lipinski definition) is 1. The highest BCUT2D eigenvalue weighted by molar-refractivity contribution is 5.90. The number of nitrogens with one attached hydrogen (secondary N) is 1. The Balaban J connectivity index is 1.53. The van der Waals surface area contributed by atoms with Gasteiger partial charge in [0.25, 0.3) is 0 Å². The molecule has 0 fully saturated rings. The summed E-state index contributed by atoms with van der Waals surface area (Å²) in [5, 5.41) is 19.6. The molecule has 0 unspecified atom stereocenters. The standard InChI is InChI=1S/C22H22FN7O/c1-22(2,3)18-13-19(30(26-18)17-7-5-4-6-8-17)24-20(31)14-29-27-21(25-28-29)15-9-11-16(23)12-10-15/h4-13H,14H2,1-3H3,(H,24,31). The molecule has 4 rings (SSSR count). The topological polar surface area (TPSA) is 90.5 Å². The van der Waals surface area contributed by atoms with Gasteiger partial charge in [-0.1, -0.05) is 39.0 Å². The third-order valence-electron chi connectivity index (χ3n) is 4.59. The van der Waals surface area contributed by atoms with E-state index in [0.29, 0.717) is 17.2 Å². The smallest absolute Gasteiger partial charge is 0.249 e. The van der Waals surface area contributed by atoms with Crippen molar-refractivity contribution in [3.8, 4) is 17.1 Å². The van der Waals surface area contributed by atoms with Crippen LogP contribution in [0.5, 0.6) is 0 Å². The molecule has 0 radical (unpaired) electrons. The molecular formula is C22H22FN7O. The Hall–Kier alpha value is -3.88. The largest absolute Gasteiger partial charge is 0.309 e. The van der Waals surface area contributed by atoms with Crippen LogP contribution in [0.15, 0.2) is 60.7 Å². The summed E-state index contributed by atoms with van der Waals surface area (Å²) in [5.41, 5.74) is 2.12. The van der Waals surface area contributed by atoms with E-state index in [1.165, 1.54) is 16.9 Å². The van der Waals surface area contributed by atoms with Crippen molar-refractivity contribution in [3.63, 3.8) is 0 Å². The Morgan fingerprint density at radius 3 is 2.42 bits per heavy atom. The highest BCUT2D eigenvalue weighted by Crippen LogP contribution is 2.26. The number of rotatable bonds is 5. The van der Waals surface area contributed by atoms with Gasteiger partial charge in [0.15, 0.2) is 0 Å². The molecule has 0 saturated heterocycles.